The average Bonchev–Trinajstić information content (AvgIpc) is 2.75. The Morgan fingerprint density at radius 1 is 0.974 bits per heavy atom. The van der Waals surface area contributed by atoms with Gasteiger partial charge in [0, 0.05) is 18.0 Å². The minimum absolute atomic E-state index is 0.0189. The molecule has 1 aliphatic rings. The summed E-state index contributed by atoms with van der Waals surface area (Å²) in [6.07, 6.45) is 1.70. The number of nitrogens with zero attached hydrogens (tertiary/aromatic N) is 1. The molecule has 2 unspecified atom stereocenters. The first-order valence-corrected chi connectivity index (χ1v) is 13.3. The van der Waals surface area contributed by atoms with E-state index in [9.17, 15) is 24.6 Å². The molecule has 3 rings (SSSR count). The third kappa shape index (κ3) is 8.63. The third-order valence-corrected chi connectivity index (χ3v) is 6.30. The maximum Gasteiger partial charge on any atom is 0.408 e. The maximum atomic E-state index is 14.4. The van der Waals surface area contributed by atoms with E-state index in [2.05, 4.69) is 10.6 Å². The van der Waals surface area contributed by atoms with E-state index >= 15 is 0 Å². The number of phenolic OH excluding ortho intramolecular Hbond substituents is 2. The summed E-state index contributed by atoms with van der Waals surface area (Å²) in [6, 6.07) is 10.4. The van der Waals surface area contributed by atoms with Crippen molar-refractivity contribution in [1.82, 2.24) is 15.5 Å². The predicted octanol–water partition coefficient (Wildman–Crippen LogP) is 4.57. The Labute approximate surface area is 230 Å². The number of aromatic hydroxyl groups is 2. The van der Waals surface area contributed by atoms with Crippen LogP contribution in [0.2, 0.25) is 0 Å². The molecule has 0 spiro atoms. The summed E-state index contributed by atoms with van der Waals surface area (Å²) >= 11 is 0. The monoisotopic (exact) mass is 539 g/mol. The lowest BCUT2D eigenvalue weighted by Crippen LogP contribution is -2.59. The van der Waals surface area contributed by atoms with Crippen molar-refractivity contribution in [2.45, 2.75) is 96.5 Å². The highest BCUT2D eigenvalue weighted by molar-refractivity contribution is 5.93. The minimum atomic E-state index is -1.05. The molecular formula is C30H41N3O6. The molecule has 2 aromatic rings. The molecule has 9 heteroatoms. The molecule has 39 heavy (non-hydrogen) atoms. The van der Waals surface area contributed by atoms with E-state index < -0.39 is 35.2 Å². The fourth-order valence-electron chi connectivity index (χ4n) is 4.45. The van der Waals surface area contributed by atoms with Crippen LogP contribution in [-0.2, 0) is 20.7 Å². The Hall–Kier alpha value is -3.75. The summed E-state index contributed by atoms with van der Waals surface area (Å²) in [6.45, 7) is 10.8. The van der Waals surface area contributed by atoms with Gasteiger partial charge in [-0.3, -0.25) is 9.59 Å². The molecule has 0 bridgehead atoms. The van der Waals surface area contributed by atoms with Crippen molar-refractivity contribution in [3.8, 4) is 11.5 Å². The van der Waals surface area contributed by atoms with Gasteiger partial charge in [-0.15, -0.1) is 0 Å². The number of carbonyl (C=O) groups excluding carboxylic acids is 3. The fraction of sp³-hybridized carbons (Fsp3) is 0.500. The molecule has 9 nitrogen and oxygen atoms in total. The Bertz CT molecular complexity index is 1160. The Morgan fingerprint density at radius 2 is 1.62 bits per heavy atom. The lowest BCUT2D eigenvalue weighted by Gasteiger charge is -2.44. The Kier molecular flexibility index (Phi) is 9.14. The van der Waals surface area contributed by atoms with E-state index in [0.29, 0.717) is 24.0 Å². The summed E-state index contributed by atoms with van der Waals surface area (Å²) in [7, 11) is 0. The number of alkyl carbamates (subject to hydrolysis) is 1. The quantitative estimate of drug-likeness (QED) is 0.389. The predicted molar refractivity (Wildman–Crippen MR) is 148 cm³/mol. The minimum Gasteiger partial charge on any atom is -0.508 e. The normalized spacial score (nSPS) is 15.4. The molecule has 4 N–H and O–H groups in total. The van der Waals surface area contributed by atoms with E-state index in [1.54, 1.807) is 49.9 Å². The Morgan fingerprint density at radius 3 is 2.13 bits per heavy atom. The highest BCUT2D eigenvalue weighted by Crippen LogP contribution is 2.35. The zero-order valence-electron chi connectivity index (χ0n) is 23.7. The van der Waals surface area contributed by atoms with Crippen LogP contribution in [0, 0.1) is 0 Å². The van der Waals surface area contributed by atoms with Crippen molar-refractivity contribution < 1.29 is 29.3 Å². The van der Waals surface area contributed by atoms with Crippen LogP contribution in [0.25, 0.3) is 0 Å². The highest BCUT2D eigenvalue weighted by atomic mass is 16.6. The van der Waals surface area contributed by atoms with Gasteiger partial charge in [0.05, 0.1) is 0 Å². The second-order valence-electron chi connectivity index (χ2n) is 12.1. The summed E-state index contributed by atoms with van der Waals surface area (Å²) in [4.78, 5) is 42.5. The zero-order chi connectivity index (χ0) is 29.0. The van der Waals surface area contributed by atoms with Crippen molar-refractivity contribution in [3.05, 3.63) is 59.7 Å². The second kappa shape index (κ2) is 12.0. The number of carbonyl (C=O) groups is 3. The molecule has 1 saturated carbocycles. The van der Waals surface area contributed by atoms with Gasteiger partial charge in [-0.1, -0.05) is 24.3 Å². The van der Waals surface area contributed by atoms with E-state index in [4.69, 9.17) is 4.74 Å². The largest absolute Gasteiger partial charge is 0.508 e. The molecule has 2 aromatic carbocycles. The smallest absolute Gasteiger partial charge is 0.408 e. The SMILES string of the molecule is CC(C)(C)NC(=O)C(c1cccc(O)c1)N(C(=O)C(Cc1ccc(O)cc1)NC(=O)OC(C)(C)C)C1CCC1. The average molecular weight is 540 g/mol. The van der Waals surface area contributed by atoms with Crippen LogP contribution >= 0.6 is 0 Å². The van der Waals surface area contributed by atoms with Crippen LogP contribution in [0.4, 0.5) is 4.79 Å². The number of ether oxygens (including phenoxy) is 1. The van der Waals surface area contributed by atoms with Crippen molar-refractivity contribution >= 4 is 17.9 Å². The maximum absolute atomic E-state index is 14.4. The lowest BCUT2D eigenvalue weighted by molar-refractivity contribution is -0.148. The van der Waals surface area contributed by atoms with Crippen molar-refractivity contribution in [2.75, 3.05) is 0 Å². The first-order chi connectivity index (χ1) is 18.1. The first-order valence-electron chi connectivity index (χ1n) is 13.3. The van der Waals surface area contributed by atoms with E-state index in [0.717, 1.165) is 6.42 Å². The summed E-state index contributed by atoms with van der Waals surface area (Å²) in [5, 5.41) is 25.7. The van der Waals surface area contributed by atoms with E-state index in [1.807, 2.05) is 20.8 Å². The molecule has 212 valence electrons. The number of phenols is 2. The second-order valence-corrected chi connectivity index (χ2v) is 12.1. The van der Waals surface area contributed by atoms with Gasteiger partial charge in [-0.25, -0.2) is 4.79 Å². The first kappa shape index (κ1) is 29.8. The number of hydrogen-bond acceptors (Lipinski definition) is 6. The molecule has 0 heterocycles. The topological polar surface area (TPSA) is 128 Å². The van der Waals surface area contributed by atoms with Gasteiger partial charge in [-0.05, 0) is 96.2 Å². The number of benzene rings is 2. The standard InChI is InChI=1S/C30H41N3O6/c1-29(2,3)32-26(36)25(20-9-7-12-23(35)18-20)33(21-10-8-11-21)27(37)24(31-28(38)39-30(4,5)6)17-19-13-15-22(34)16-14-19/h7,9,12-16,18,21,24-25,34-35H,8,10-11,17H2,1-6H3,(H,31,38)(H,32,36). The molecule has 0 saturated heterocycles. The highest BCUT2D eigenvalue weighted by Gasteiger charge is 2.42. The van der Waals surface area contributed by atoms with Crippen LogP contribution in [0.15, 0.2) is 48.5 Å². The van der Waals surface area contributed by atoms with Gasteiger partial charge in [0.15, 0.2) is 0 Å². The third-order valence-electron chi connectivity index (χ3n) is 6.30. The van der Waals surface area contributed by atoms with Crippen molar-refractivity contribution in [3.63, 3.8) is 0 Å². The lowest BCUT2D eigenvalue weighted by atomic mass is 9.87. The number of nitrogens with one attached hydrogen (secondary N) is 2. The van der Waals surface area contributed by atoms with E-state index in [1.165, 1.54) is 24.3 Å². The van der Waals surface area contributed by atoms with Crippen LogP contribution in [-0.4, -0.2) is 56.2 Å². The molecule has 0 aliphatic heterocycles. The molecule has 0 radical (unpaired) electrons. The van der Waals surface area contributed by atoms with Crippen LogP contribution in [0.5, 0.6) is 11.5 Å². The summed E-state index contributed by atoms with van der Waals surface area (Å²) < 4.78 is 5.46. The van der Waals surface area contributed by atoms with Gasteiger partial charge < -0.3 is 30.5 Å². The van der Waals surface area contributed by atoms with Crippen molar-refractivity contribution in [2.24, 2.45) is 0 Å². The molecule has 2 atom stereocenters. The summed E-state index contributed by atoms with van der Waals surface area (Å²) in [5.41, 5.74) is -0.164. The number of hydrogen-bond donors (Lipinski definition) is 4. The van der Waals surface area contributed by atoms with Crippen LogP contribution in [0.1, 0.15) is 78.0 Å². The van der Waals surface area contributed by atoms with E-state index in [-0.39, 0.29) is 29.9 Å². The summed E-state index contributed by atoms with van der Waals surface area (Å²) in [5.74, 6) is -0.750. The molecular weight excluding hydrogens is 498 g/mol. The molecule has 3 amide bonds. The van der Waals surface area contributed by atoms with Gasteiger partial charge in [-0.2, -0.15) is 0 Å². The van der Waals surface area contributed by atoms with Gasteiger partial charge in [0.1, 0.15) is 29.2 Å². The van der Waals surface area contributed by atoms with Gasteiger partial charge in [0.25, 0.3) is 0 Å². The van der Waals surface area contributed by atoms with Crippen molar-refractivity contribution in [1.29, 1.82) is 0 Å². The Balaban J connectivity index is 2.05. The van der Waals surface area contributed by atoms with Crippen LogP contribution < -0.4 is 10.6 Å². The van der Waals surface area contributed by atoms with Crippen LogP contribution in [0.3, 0.4) is 0 Å². The molecule has 1 fully saturated rings. The van der Waals surface area contributed by atoms with Gasteiger partial charge in [0.2, 0.25) is 11.8 Å². The molecule has 1 aliphatic carbocycles. The number of amides is 3. The fourth-order valence-corrected chi connectivity index (χ4v) is 4.45. The van der Waals surface area contributed by atoms with Gasteiger partial charge >= 0.3 is 6.09 Å². The zero-order valence-corrected chi connectivity index (χ0v) is 23.7. The number of rotatable bonds is 8. The molecule has 0 aromatic heterocycles.